The molecule has 2 N–H and O–H groups in total. The van der Waals surface area contributed by atoms with Crippen molar-refractivity contribution in [2.24, 2.45) is 12.0 Å². The quantitative estimate of drug-likeness (QED) is 0.287. The molecule has 3 heterocycles. The number of guanidine groups is 1. The van der Waals surface area contributed by atoms with E-state index in [1.807, 2.05) is 23.1 Å². The minimum Gasteiger partial charge on any atom is -0.379 e. The lowest BCUT2D eigenvalue weighted by Crippen LogP contribution is -2.44. The van der Waals surface area contributed by atoms with E-state index < -0.39 is 0 Å². The highest BCUT2D eigenvalue weighted by Crippen LogP contribution is 2.28. The number of morpholine rings is 1. The summed E-state index contributed by atoms with van der Waals surface area (Å²) < 4.78 is 7.54. The molecule has 7 nitrogen and oxygen atoms in total. The van der Waals surface area contributed by atoms with Crippen LogP contribution in [0.4, 0.5) is 0 Å². The van der Waals surface area contributed by atoms with E-state index in [4.69, 9.17) is 9.73 Å². The maximum Gasteiger partial charge on any atom is 0.191 e. The summed E-state index contributed by atoms with van der Waals surface area (Å²) in [7, 11) is 2.01. The Morgan fingerprint density at radius 3 is 2.53 bits per heavy atom. The van der Waals surface area contributed by atoms with E-state index in [9.17, 15) is 0 Å². The normalized spacial score (nSPS) is 17.0. The fourth-order valence-corrected chi connectivity index (χ4v) is 5.11. The highest BCUT2D eigenvalue weighted by molar-refractivity contribution is 14.0. The smallest absolute Gasteiger partial charge is 0.191 e. The molecule has 0 aromatic carbocycles. The third-order valence-corrected chi connectivity index (χ3v) is 7.00. The van der Waals surface area contributed by atoms with Crippen LogP contribution in [-0.4, -0.2) is 66.1 Å². The zero-order chi connectivity index (χ0) is 22.4. The molecule has 0 aliphatic carbocycles. The molecule has 1 aliphatic rings. The van der Waals surface area contributed by atoms with Gasteiger partial charge in [-0.25, -0.2) is 0 Å². The SMILES string of the molecule is CCNC(=NCC(c1ccc(C)s1)N1CCOCC1)NC(C)Cc1c(C)nn(C)c1C.I. The molecular formula is C23H39IN6OS. The molecule has 0 saturated carbocycles. The molecule has 0 amide bonds. The number of ether oxygens (including phenoxy) is 1. The largest absolute Gasteiger partial charge is 0.379 e. The number of hydrogen-bond donors (Lipinski definition) is 2. The topological polar surface area (TPSA) is 66.7 Å². The number of nitrogens with one attached hydrogen (secondary N) is 2. The van der Waals surface area contributed by atoms with E-state index in [2.05, 4.69) is 67.4 Å². The van der Waals surface area contributed by atoms with Gasteiger partial charge in [-0.2, -0.15) is 5.10 Å². The van der Waals surface area contributed by atoms with Crippen LogP contribution >= 0.6 is 35.3 Å². The van der Waals surface area contributed by atoms with Crippen LogP contribution in [-0.2, 0) is 18.2 Å². The van der Waals surface area contributed by atoms with Crippen molar-refractivity contribution < 1.29 is 4.74 Å². The predicted molar refractivity (Wildman–Crippen MR) is 145 cm³/mol. The van der Waals surface area contributed by atoms with Crippen LogP contribution in [0.25, 0.3) is 0 Å². The van der Waals surface area contributed by atoms with Crippen LogP contribution < -0.4 is 10.6 Å². The zero-order valence-electron chi connectivity index (χ0n) is 20.3. The van der Waals surface area contributed by atoms with Crippen molar-refractivity contribution in [3.63, 3.8) is 0 Å². The van der Waals surface area contributed by atoms with Crippen molar-refractivity contribution in [3.05, 3.63) is 38.8 Å². The number of aliphatic imine (C=N–C) groups is 1. The summed E-state index contributed by atoms with van der Waals surface area (Å²) in [6, 6.07) is 5.01. The molecule has 32 heavy (non-hydrogen) atoms. The number of halogens is 1. The molecule has 3 rings (SSSR count). The van der Waals surface area contributed by atoms with Crippen LogP contribution in [0, 0.1) is 20.8 Å². The third kappa shape index (κ3) is 7.16. The van der Waals surface area contributed by atoms with E-state index >= 15 is 0 Å². The van der Waals surface area contributed by atoms with E-state index in [1.54, 1.807) is 0 Å². The van der Waals surface area contributed by atoms with Gasteiger partial charge >= 0.3 is 0 Å². The lowest BCUT2D eigenvalue weighted by atomic mass is 10.1. The predicted octanol–water partition coefficient (Wildman–Crippen LogP) is 3.58. The molecule has 0 spiro atoms. The highest BCUT2D eigenvalue weighted by atomic mass is 127. The van der Waals surface area contributed by atoms with Gasteiger partial charge in [-0.05, 0) is 58.7 Å². The number of hydrogen-bond acceptors (Lipinski definition) is 5. The molecule has 2 aromatic heterocycles. The Morgan fingerprint density at radius 2 is 1.97 bits per heavy atom. The van der Waals surface area contributed by atoms with Gasteiger partial charge in [0.2, 0.25) is 0 Å². The lowest BCUT2D eigenvalue weighted by Gasteiger charge is -2.33. The van der Waals surface area contributed by atoms with Gasteiger partial charge in [0.05, 0.1) is 31.5 Å². The van der Waals surface area contributed by atoms with Gasteiger partial charge in [-0.3, -0.25) is 14.6 Å². The lowest BCUT2D eigenvalue weighted by molar-refractivity contribution is 0.0186. The molecule has 0 radical (unpaired) electrons. The first-order valence-electron chi connectivity index (χ1n) is 11.3. The van der Waals surface area contributed by atoms with E-state index in [0.717, 1.165) is 57.5 Å². The number of rotatable bonds is 8. The number of nitrogens with zero attached hydrogens (tertiary/aromatic N) is 4. The van der Waals surface area contributed by atoms with E-state index in [-0.39, 0.29) is 36.1 Å². The van der Waals surface area contributed by atoms with Gasteiger partial charge in [0, 0.05) is 48.2 Å². The van der Waals surface area contributed by atoms with Crippen molar-refractivity contribution in [2.75, 3.05) is 39.4 Å². The Labute approximate surface area is 214 Å². The summed E-state index contributed by atoms with van der Waals surface area (Å²) in [5.74, 6) is 0.876. The standard InChI is InChI=1S/C23H38N6OS.HI/c1-7-24-23(26-16(2)14-20-18(4)27-28(6)19(20)5)25-15-21(22-9-8-17(3)31-22)29-10-12-30-13-11-29;/h8-9,16,21H,7,10-15H2,1-6H3,(H2,24,25,26);1H. The average Bonchev–Trinajstić information content (AvgIpc) is 3.27. The fraction of sp³-hybridized carbons (Fsp3) is 0.652. The van der Waals surface area contributed by atoms with Crippen LogP contribution in [0.5, 0.6) is 0 Å². The van der Waals surface area contributed by atoms with E-state index in [1.165, 1.54) is 21.0 Å². The molecule has 1 saturated heterocycles. The fourth-order valence-electron chi connectivity index (χ4n) is 4.11. The number of aryl methyl sites for hydroxylation is 3. The summed E-state index contributed by atoms with van der Waals surface area (Å²) >= 11 is 1.87. The minimum atomic E-state index is 0. The summed E-state index contributed by atoms with van der Waals surface area (Å²) in [4.78, 5) is 10.2. The molecule has 2 atom stereocenters. The summed E-state index contributed by atoms with van der Waals surface area (Å²) in [6.45, 7) is 15.8. The molecule has 2 unspecified atom stereocenters. The van der Waals surface area contributed by atoms with Crippen molar-refractivity contribution in [3.8, 4) is 0 Å². The van der Waals surface area contributed by atoms with Crippen molar-refractivity contribution >= 4 is 41.3 Å². The molecule has 9 heteroatoms. The third-order valence-electron chi connectivity index (χ3n) is 5.89. The second-order valence-corrected chi connectivity index (χ2v) is 9.67. The number of aromatic nitrogens is 2. The Hall–Kier alpha value is -1.17. The van der Waals surface area contributed by atoms with Gasteiger partial charge in [-0.15, -0.1) is 35.3 Å². The van der Waals surface area contributed by atoms with Gasteiger partial charge in [0.25, 0.3) is 0 Å². The Morgan fingerprint density at radius 1 is 1.25 bits per heavy atom. The van der Waals surface area contributed by atoms with Crippen molar-refractivity contribution in [1.82, 2.24) is 25.3 Å². The van der Waals surface area contributed by atoms with Gasteiger partial charge in [-0.1, -0.05) is 0 Å². The zero-order valence-corrected chi connectivity index (χ0v) is 23.4. The molecule has 1 fully saturated rings. The first-order valence-corrected chi connectivity index (χ1v) is 12.1. The van der Waals surface area contributed by atoms with Crippen LogP contribution in [0.15, 0.2) is 17.1 Å². The second kappa shape index (κ2) is 12.9. The van der Waals surface area contributed by atoms with Crippen LogP contribution in [0.1, 0.15) is 46.6 Å². The highest BCUT2D eigenvalue weighted by Gasteiger charge is 2.24. The number of thiophene rings is 1. The maximum atomic E-state index is 5.58. The monoisotopic (exact) mass is 574 g/mol. The van der Waals surface area contributed by atoms with Crippen LogP contribution in [0.2, 0.25) is 0 Å². The average molecular weight is 575 g/mol. The first kappa shape index (κ1) is 27.1. The Kier molecular flexibility index (Phi) is 10.9. The summed E-state index contributed by atoms with van der Waals surface area (Å²) in [6.07, 6.45) is 0.924. The van der Waals surface area contributed by atoms with Crippen molar-refractivity contribution in [2.45, 2.75) is 53.1 Å². The second-order valence-electron chi connectivity index (χ2n) is 8.35. The van der Waals surface area contributed by atoms with Crippen LogP contribution in [0.3, 0.4) is 0 Å². The molecule has 180 valence electrons. The minimum absolute atomic E-state index is 0. The summed E-state index contributed by atoms with van der Waals surface area (Å²) in [5.41, 5.74) is 3.66. The van der Waals surface area contributed by atoms with E-state index in [0.29, 0.717) is 0 Å². The Bertz CT molecular complexity index is 874. The summed E-state index contributed by atoms with van der Waals surface area (Å²) in [5, 5.41) is 11.6. The molecule has 2 aromatic rings. The van der Waals surface area contributed by atoms with Gasteiger partial charge in [0.1, 0.15) is 0 Å². The maximum absolute atomic E-state index is 5.58. The van der Waals surface area contributed by atoms with Gasteiger partial charge < -0.3 is 15.4 Å². The van der Waals surface area contributed by atoms with Crippen molar-refractivity contribution in [1.29, 1.82) is 0 Å². The molecule has 1 aliphatic heterocycles. The molecular weight excluding hydrogens is 535 g/mol. The van der Waals surface area contributed by atoms with Gasteiger partial charge in [0.15, 0.2) is 5.96 Å². The first-order chi connectivity index (χ1) is 14.9. The molecule has 0 bridgehead atoms. The Balaban J connectivity index is 0.00000363.